The second-order valence-corrected chi connectivity index (χ2v) is 8.01. The Kier molecular flexibility index (Phi) is 17.8. The van der Waals surface area contributed by atoms with Gasteiger partial charge in [0.25, 0.3) is 0 Å². The van der Waals surface area contributed by atoms with E-state index in [1.807, 2.05) is 0 Å². The number of hydrogen-bond acceptors (Lipinski definition) is 4. The van der Waals surface area contributed by atoms with Crippen molar-refractivity contribution in [1.29, 1.82) is 0 Å². The first-order valence-corrected chi connectivity index (χ1v) is 11.3. The fraction of sp³-hybridized carbons (Fsp3) is 0.909. The summed E-state index contributed by atoms with van der Waals surface area (Å²) in [5.41, 5.74) is 16.6. The molecular formula is C22H45N3O2. The van der Waals surface area contributed by atoms with Gasteiger partial charge in [-0.3, -0.25) is 9.59 Å². The number of Topliss-reactive ketones (excluding diaryl/α,β-unsaturated/α-hetero) is 1. The van der Waals surface area contributed by atoms with Crippen molar-refractivity contribution in [3.05, 3.63) is 0 Å². The van der Waals surface area contributed by atoms with E-state index in [2.05, 4.69) is 6.92 Å². The number of amides is 1. The van der Waals surface area contributed by atoms with Crippen LogP contribution in [0.15, 0.2) is 0 Å². The molecule has 0 spiro atoms. The van der Waals surface area contributed by atoms with Crippen LogP contribution in [0, 0.1) is 0 Å². The second kappa shape index (κ2) is 18.4. The van der Waals surface area contributed by atoms with Crippen LogP contribution in [-0.4, -0.2) is 23.8 Å². The SMILES string of the molecule is CCCCCCCCCCCCCCCC(=O)C(N)CCC[C@H](N)C(N)=O. The van der Waals surface area contributed by atoms with Crippen molar-refractivity contribution in [2.75, 3.05) is 0 Å². The fourth-order valence-corrected chi connectivity index (χ4v) is 3.36. The molecule has 5 nitrogen and oxygen atoms in total. The first-order chi connectivity index (χ1) is 13.0. The van der Waals surface area contributed by atoms with Crippen molar-refractivity contribution in [3.8, 4) is 0 Å². The number of hydrogen-bond donors (Lipinski definition) is 3. The molecule has 0 heterocycles. The van der Waals surface area contributed by atoms with Gasteiger partial charge in [0.05, 0.1) is 12.1 Å². The zero-order chi connectivity index (χ0) is 20.3. The van der Waals surface area contributed by atoms with E-state index in [0.717, 1.165) is 12.8 Å². The second-order valence-electron chi connectivity index (χ2n) is 8.01. The largest absolute Gasteiger partial charge is 0.368 e. The summed E-state index contributed by atoms with van der Waals surface area (Å²) in [6, 6.07) is -1.06. The van der Waals surface area contributed by atoms with Crippen molar-refractivity contribution >= 4 is 11.7 Å². The van der Waals surface area contributed by atoms with Crippen molar-refractivity contribution in [1.82, 2.24) is 0 Å². The van der Waals surface area contributed by atoms with E-state index >= 15 is 0 Å². The first kappa shape index (κ1) is 26.1. The molecular weight excluding hydrogens is 338 g/mol. The Morgan fingerprint density at radius 1 is 0.630 bits per heavy atom. The fourth-order valence-electron chi connectivity index (χ4n) is 3.36. The Balaban J connectivity index is 3.38. The highest BCUT2D eigenvalue weighted by Crippen LogP contribution is 2.13. The molecule has 0 fully saturated rings. The number of rotatable bonds is 20. The third-order valence-electron chi connectivity index (χ3n) is 5.34. The lowest BCUT2D eigenvalue weighted by atomic mass is 9.99. The minimum atomic E-state index is -0.631. The van der Waals surface area contributed by atoms with E-state index in [0.29, 0.717) is 25.7 Å². The summed E-state index contributed by atoms with van der Waals surface area (Å²) in [5, 5.41) is 0. The molecule has 0 radical (unpaired) electrons. The quantitative estimate of drug-likeness (QED) is 0.271. The van der Waals surface area contributed by atoms with Gasteiger partial charge in [-0.15, -0.1) is 0 Å². The van der Waals surface area contributed by atoms with Gasteiger partial charge < -0.3 is 17.2 Å². The van der Waals surface area contributed by atoms with Crippen molar-refractivity contribution < 1.29 is 9.59 Å². The molecule has 0 aliphatic carbocycles. The minimum absolute atomic E-state index is 0.130. The van der Waals surface area contributed by atoms with Crippen LogP contribution in [0.4, 0.5) is 0 Å². The van der Waals surface area contributed by atoms with E-state index < -0.39 is 18.0 Å². The summed E-state index contributed by atoms with van der Waals surface area (Å²) in [5.74, 6) is -0.368. The van der Waals surface area contributed by atoms with Gasteiger partial charge in [-0.2, -0.15) is 0 Å². The number of unbranched alkanes of at least 4 members (excludes halogenated alkanes) is 12. The molecule has 0 rings (SSSR count). The smallest absolute Gasteiger partial charge is 0.234 e. The van der Waals surface area contributed by atoms with Gasteiger partial charge in [0.2, 0.25) is 5.91 Å². The zero-order valence-electron chi connectivity index (χ0n) is 17.7. The highest BCUT2D eigenvalue weighted by molar-refractivity contribution is 5.83. The van der Waals surface area contributed by atoms with Crippen LogP contribution in [0.25, 0.3) is 0 Å². The van der Waals surface area contributed by atoms with E-state index in [1.165, 1.54) is 70.6 Å². The van der Waals surface area contributed by atoms with Gasteiger partial charge in [-0.05, 0) is 25.7 Å². The Labute approximate surface area is 167 Å². The third kappa shape index (κ3) is 16.9. The molecule has 27 heavy (non-hydrogen) atoms. The molecule has 0 aromatic rings. The molecule has 5 heteroatoms. The summed E-state index contributed by atoms with van der Waals surface area (Å²) in [6.45, 7) is 2.26. The average molecular weight is 384 g/mol. The number of carbonyl (C=O) groups is 2. The van der Waals surface area contributed by atoms with E-state index in [4.69, 9.17) is 17.2 Å². The highest BCUT2D eigenvalue weighted by atomic mass is 16.1. The maximum Gasteiger partial charge on any atom is 0.234 e. The predicted molar refractivity (Wildman–Crippen MR) is 114 cm³/mol. The lowest BCUT2D eigenvalue weighted by Crippen LogP contribution is -2.37. The van der Waals surface area contributed by atoms with Gasteiger partial charge in [0.15, 0.2) is 0 Å². The number of ketones is 1. The summed E-state index contributed by atoms with van der Waals surface area (Å²) in [6.07, 6.45) is 19.2. The Bertz CT molecular complexity index is 375. The molecule has 0 saturated heterocycles. The highest BCUT2D eigenvalue weighted by Gasteiger charge is 2.14. The molecule has 0 aliphatic rings. The number of carbonyl (C=O) groups excluding carboxylic acids is 2. The maximum atomic E-state index is 12.0. The summed E-state index contributed by atoms with van der Waals surface area (Å²) in [4.78, 5) is 22.9. The first-order valence-electron chi connectivity index (χ1n) is 11.3. The molecule has 0 aliphatic heterocycles. The lowest BCUT2D eigenvalue weighted by molar-refractivity contribution is -0.120. The monoisotopic (exact) mass is 383 g/mol. The molecule has 0 saturated carbocycles. The summed E-state index contributed by atoms with van der Waals surface area (Å²) in [7, 11) is 0. The summed E-state index contributed by atoms with van der Waals surface area (Å²) < 4.78 is 0. The molecule has 1 unspecified atom stereocenters. The zero-order valence-corrected chi connectivity index (χ0v) is 17.7. The summed E-state index contributed by atoms with van der Waals surface area (Å²) >= 11 is 0. The normalized spacial score (nSPS) is 13.4. The molecule has 0 aromatic carbocycles. The van der Waals surface area contributed by atoms with Crippen molar-refractivity contribution in [2.45, 2.75) is 128 Å². The standard InChI is InChI=1S/C22H45N3O2/c1-2-3-4-5-6-7-8-9-10-11-12-13-14-18-21(26)19(23)16-15-17-20(24)22(25)27/h19-20H,2-18,23-24H2,1H3,(H2,25,27)/t19?,20-/m0/s1. The molecule has 6 N–H and O–H groups in total. The van der Waals surface area contributed by atoms with Gasteiger partial charge in [-0.25, -0.2) is 0 Å². The van der Waals surface area contributed by atoms with Crippen LogP contribution >= 0.6 is 0 Å². The van der Waals surface area contributed by atoms with Crippen molar-refractivity contribution in [2.24, 2.45) is 17.2 Å². The molecule has 2 atom stereocenters. The lowest BCUT2D eigenvalue weighted by Gasteiger charge is -2.12. The van der Waals surface area contributed by atoms with Crippen LogP contribution in [0.5, 0.6) is 0 Å². The third-order valence-corrected chi connectivity index (χ3v) is 5.34. The van der Waals surface area contributed by atoms with E-state index in [-0.39, 0.29) is 5.78 Å². The van der Waals surface area contributed by atoms with Crippen LogP contribution < -0.4 is 17.2 Å². The van der Waals surface area contributed by atoms with E-state index in [9.17, 15) is 9.59 Å². The van der Waals surface area contributed by atoms with Crippen LogP contribution in [0.3, 0.4) is 0 Å². The average Bonchev–Trinajstić information content (AvgIpc) is 2.64. The Morgan fingerprint density at radius 3 is 1.48 bits per heavy atom. The van der Waals surface area contributed by atoms with Crippen molar-refractivity contribution in [3.63, 3.8) is 0 Å². The van der Waals surface area contributed by atoms with Crippen LogP contribution in [-0.2, 0) is 9.59 Å². The minimum Gasteiger partial charge on any atom is -0.368 e. The van der Waals surface area contributed by atoms with Gasteiger partial charge in [0.1, 0.15) is 5.78 Å². The maximum absolute atomic E-state index is 12.0. The Hall–Kier alpha value is -0.940. The number of nitrogens with two attached hydrogens (primary N) is 3. The molecule has 0 aromatic heterocycles. The van der Waals surface area contributed by atoms with Crippen LogP contribution in [0.2, 0.25) is 0 Å². The molecule has 0 bridgehead atoms. The molecule has 1 amide bonds. The molecule has 160 valence electrons. The van der Waals surface area contributed by atoms with Gasteiger partial charge in [-0.1, -0.05) is 84.0 Å². The van der Waals surface area contributed by atoms with Gasteiger partial charge in [0, 0.05) is 6.42 Å². The van der Waals surface area contributed by atoms with Crippen LogP contribution in [0.1, 0.15) is 116 Å². The van der Waals surface area contributed by atoms with Gasteiger partial charge >= 0.3 is 0 Å². The topological polar surface area (TPSA) is 112 Å². The predicted octanol–water partition coefficient (Wildman–Crippen LogP) is 4.35. The van der Waals surface area contributed by atoms with E-state index in [1.54, 1.807) is 0 Å². The Morgan fingerprint density at radius 2 is 1.04 bits per heavy atom. The number of primary amides is 1.